The maximum Gasteiger partial charge on any atom is 0.302 e. The molecule has 1 saturated carbocycles. The van der Waals surface area contributed by atoms with E-state index in [2.05, 4.69) is 19.6 Å². The number of esters is 1. The van der Waals surface area contributed by atoms with Crippen molar-refractivity contribution in [1.82, 2.24) is 0 Å². The van der Waals surface area contributed by atoms with Crippen molar-refractivity contribution in [3.63, 3.8) is 0 Å². The number of carbonyl (C=O) groups is 1. The fourth-order valence-electron chi connectivity index (χ4n) is 2.16. The van der Waals surface area contributed by atoms with Crippen LogP contribution in [-0.2, 0) is 9.53 Å². The summed E-state index contributed by atoms with van der Waals surface area (Å²) in [7, 11) is -1.44. The Balaban J connectivity index is 2.59. The zero-order valence-corrected chi connectivity index (χ0v) is 12.2. The van der Waals surface area contributed by atoms with E-state index < -0.39 is 12.4 Å². The molecule has 1 aliphatic carbocycles. The largest absolute Gasteiger partial charge is 0.466 e. The third-order valence-corrected chi connectivity index (χ3v) is 8.40. The van der Waals surface area contributed by atoms with Crippen LogP contribution in [0.25, 0.3) is 0 Å². The SMILES string of the molecule is CC(=O)OCC[C@]1([Si](C)(C)C)CC1(Cl)Cl. The van der Waals surface area contributed by atoms with Crippen LogP contribution in [0.5, 0.6) is 0 Å². The van der Waals surface area contributed by atoms with Crippen molar-refractivity contribution in [3.8, 4) is 0 Å². The van der Waals surface area contributed by atoms with Gasteiger partial charge in [0, 0.05) is 12.0 Å². The van der Waals surface area contributed by atoms with E-state index in [1.165, 1.54) is 6.92 Å². The first-order chi connectivity index (χ1) is 6.62. The topological polar surface area (TPSA) is 26.3 Å². The van der Waals surface area contributed by atoms with Gasteiger partial charge in [-0.1, -0.05) is 19.6 Å². The molecule has 0 bridgehead atoms. The molecule has 0 spiro atoms. The number of hydrogen-bond donors (Lipinski definition) is 0. The molecular weight excluding hydrogens is 251 g/mol. The van der Waals surface area contributed by atoms with Crippen molar-refractivity contribution >= 4 is 37.2 Å². The molecule has 88 valence electrons. The highest BCUT2D eigenvalue weighted by Gasteiger charge is 2.71. The van der Waals surface area contributed by atoms with Crippen molar-refractivity contribution in [2.45, 2.75) is 48.8 Å². The standard InChI is InChI=1S/C10H18Cl2O2Si/c1-8(13)14-6-5-9(15(2,3)4)7-10(9,11)12/h5-7H2,1-4H3/t9-/m0/s1. The minimum Gasteiger partial charge on any atom is -0.466 e. The summed E-state index contributed by atoms with van der Waals surface area (Å²) in [4.78, 5) is 10.7. The molecule has 5 heteroatoms. The van der Waals surface area contributed by atoms with E-state index in [4.69, 9.17) is 27.9 Å². The smallest absolute Gasteiger partial charge is 0.302 e. The summed E-state index contributed by atoms with van der Waals surface area (Å²) in [6.45, 7) is 8.62. The van der Waals surface area contributed by atoms with Crippen LogP contribution < -0.4 is 0 Å². The van der Waals surface area contributed by atoms with Gasteiger partial charge in [-0.25, -0.2) is 0 Å². The second-order valence-corrected chi connectivity index (χ2v) is 12.2. The lowest BCUT2D eigenvalue weighted by molar-refractivity contribution is -0.141. The van der Waals surface area contributed by atoms with Gasteiger partial charge >= 0.3 is 5.97 Å². The molecule has 0 aromatic rings. The van der Waals surface area contributed by atoms with Crippen molar-refractivity contribution < 1.29 is 9.53 Å². The maximum atomic E-state index is 10.7. The fourth-order valence-corrected chi connectivity index (χ4v) is 7.48. The third-order valence-electron chi connectivity index (χ3n) is 3.37. The average Bonchev–Trinajstić information content (AvgIpc) is 2.52. The third kappa shape index (κ3) is 2.51. The molecule has 0 unspecified atom stereocenters. The number of alkyl halides is 2. The van der Waals surface area contributed by atoms with Gasteiger partial charge in [-0.05, 0) is 12.8 Å². The fraction of sp³-hybridized carbons (Fsp3) is 0.900. The van der Waals surface area contributed by atoms with Crippen LogP contribution >= 0.6 is 23.2 Å². The predicted octanol–water partition coefficient (Wildman–Crippen LogP) is 3.60. The Kier molecular flexibility index (Phi) is 3.50. The summed E-state index contributed by atoms with van der Waals surface area (Å²) in [5.41, 5.74) is 0. The Morgan fingerprint density at radius 3 is 2.13 bits per heavy atom. The Morgan fingerprint density at radius 2 is 1.87 bits per heavy atom. The summed E-state index contributed by atoms with van der Waals surface area (Å²) < 4.78 is 4.37. The van der Waals surface area contributed by atoms with Gasteiger partial charge < -0.3 is 4.74 Å². The number of ether oxygens (including phenoxy) is 1. The van der Waals surface area contributed by atoms with E-state index in [0.29, 0.717) is 6.61 Å². The number of halogens is 2. The average molecular weight is 269 g/mol. The number of rotatable bonds is 4. The summed E-state index contributed by atoms with van der Waals surface area (Å²) >= 11 is 12.4. The van der Waals surface area contributed by atoms with E-state index in [9.17, 15) is 4.79 Å². The molecule has 0 aromatic heterocycles. The highest BCUT2D eigenvalue weighted by Crippen LogP contribution is 2.76. The van der Waals surface area contributed by atoms with Crippen LogP contribution in [0.2, 0.25) is 24.7 Å². The van der Waals surface area contributed by atoms with Gasteiger partial charge in [0.2, 0.25) is 0 Å². The highest BCUT2D eigenvalue weighted by molar-refractivity contribution is 6.84. The Morgan fingerprint density at radius 1 is 1.40 bits per heavy atom. The molecule has 2 nitrogen and oxygen atoms in total. The summed E-state index contributed by atoms with van der Waals surface area (Å²) in [5.74, 6) is -0.240. The Bertz CT molecular complexity index is 273. The van der Waals surface area contributed by atoms with E-state index in [-0.39, 0.29) is 11.0 Å². The molecule has 1 aliphatic rings. The molecule has 0 radical (unpaired) electrons. The molecule has 0 aromatic carbocycles. The Hall–Kier alpha value is 0.267. The molecule has 0 heterocycles. The molecule has 0 aliphatic heterocycles. The van der Waals surface area contributed by atoms with Crippen LogP contribution in [0.15, 0.2) is 0 Å². The number of carbonyl (C=O) groups excluding carboxylic acids is 1. The summed E-state index contributed by atoms with van der Waals surface area (Å²) in [6, 6.07) is 0. The molecule has 0 N–H and O–H groups in total. The second kappa shape index (κ2) is 3.93. The second-order valence-electron chi connectivity index (χ2n) is 5.30. The van der Waals surface area contributed by atoms with Crippen molar-refractivity contribution in [2.24, 2.45) is 0 Å². The van der Waals surface area contributed by atoms with E-state index in [1.807, 2.05) is 0 Å². The number of hydrogen-bond acceptors (Lipinski definition) is 2. The maximum absolute atomic E-state index is 10.7. The van der Waals surface area contributed by atoms with Gasteiger partial charge in [0.25, 0.3) is 0 Å². The van der Waals surface area contributed by atoms with Crippen LogP contribution in [-0.4, -0.2) is 25.0 Å². The molecular formula is C10H18Cl2O2Si. The molecule has 0 saturated heterocycles. The van der Waals surface area contributed by atoms with E-state index in [1.54, 1.807) is 0 Å². The van der Waals surface area contributed by atoms with Gasteiger partial charge in [0.1, 0.15) is 4.33 Å². The van der Waals surface area contributed by atoms with E-state index >= 15 is 0 Å². The van der Waals surface area contributed by atoms with Gasteiger partial charge in [0.05, 0.1) is 14.7 Å². The summed E-state index contributed by atoms with van der Waals surface area (Å²) in [6.07, 6.45) is 1.62. The van der Waals surface area contributed by atoms with Crippen LogP contribution in [0.3, 0.4) is 0 Å². The van der Waals surface area contributed by atoms with Crippen LogP contribution in [0.4, 0.5) is 0 Å². The predicted molar refractivity (Wildman–Crippen MR) is 66.3 cm³/mol. The molecule has 1 rings (SSSR count). The lowest BCUT2D eigenvalue weighted by Crippen LogP contribution is -2.34. The highest BCUT2D eigenvalue weighted by atomic mass is 35.5. The Labute approximate surface area is 102 Å². The molecule has 15 heavy (non-hydrogen) atoms. The lowest BCUT2D eigenvalue weighted by Gasteiger charge is -2.30. The van der Waals surface area contributed by atoms with Gasteiger partial charge in [0.15, 0.2) is 0 Å². The van der Waals surface area contributed by atoms with Gasteiger partial charge in [-0.3, -0.25) is 4.79 Å². The minimum atomic E-state index is -1.44. The molecule has 1 fully saturated rings. The first-order valence-corrected chi connectivity index (χ1v) is 9.39. The van der Waals surface area contributed by atoms with E-state index in [0.717, 1.165) is 12.8 Å². The minimum absolute atomic E-state index is 0.0125. The molecule has 0 amide bonds. The first-order valence-electron chi connectivity index (χ1n) is 5.14. The van der Waals surface area contributed by atoms with Crippen LogP contribution in [0.1, 0.15) is 19.8 Å². The quantitative estimate of drug-likeness (QED) is 0.443. The van der Waals surface area contributed by atoms with Gasteiger partial charge in [-0.2, -0.15) is 0 Å². The zero-order valence-electron chi connectivity index (χ0n) is 9.69. The normalized spacial score (nSPS) is 28.7. The van der Waals surface area contributed by atoms with Crippen LogP contribution in [0, 0.1) is 0 Å². The summed E-state index contributed by atoms with van der Waals surface area (Å²) in [5, 5.41) is 0.0125. The monoisotopic (exact) mass is 268 g/mol. The van der Waals surface area contributed by atoms with Crippen molar-refractivity contribution in [3.05, 3.63) is 0 Å². The van der Waals surface area contributed by atoms with Crippen molar-refractivity contribution in [1.29, 1.82) is 0 Å². The molecule has 1 atom stereocenters. The first kappa shape index (κ1) is 13.3. The zero-order chi connectivity index (χ0) is 11.9. The van der Waals surface area contributed by atoms with Crippen molar-refractivity contribution in [2.75, 3.05) is 6.61 Å². The lowest BCUT2D eigenvalue weighted by atomic mass is 10.3. The van der Waals surface area contributed by atoms with Gasteiger partial charge in [-0.15, -0.1) is 23.2 Å².